The summed E-state index contributed by atoms with van der Waals surface area (Å²) < 4.78 is 5.16. The van der Waals surface area contributed by atoms with Crippen molar-refractivity contribution in [2.24, 2.45) is 10.9 Å². The number of ether oxygens (including phenoxy) is 1. The zero-order valence-corrected chi connectivity index (χ0v) is 18.2. The highest BCUT2D eigenvalue weighted by molar-refractivity contribution is 14.0. The molecule has 1 saturated carbocycles. The van der Waals surface area contributed by atoms with Crippen LogP contribution in [0.2, 0.25) is 0 Å². The number of methoxy groups -OCH3 is 1. The highest BCUT2D eigenvalue weighted by Crippen LogP contribution is 2.19. The number of nitrogens with one attached hydrogen (secondary N) is 2. The third-order valence-corrected chi connectivity index (χ3v) is 5.21. The number of guanidine groups is 1. The molecule has 148 valence electrons. The minimum absolute atomic E-state index is 0. The van der Waals surface area contributed by atoms with E-state index < -0.39 is 0 Å². The van der Waals surface area contributed by atoms with Crippen molar-refractivity contribution in [3.05, 3.63) is 0 Å². The Bertz CT molecular complexity index is 368. The van der Waals surface area contributed by atoms with E-state index in [0.717, 1.165) is 71.0 Å². The van der Waals surface area contributed by atoms with E-state index in [2.05, 4.69) is 22.5 Å². The van der Waals surface area contributed by atoms with Crippen LogP contribution in [0.25, 0.3) is 0 Å². The molecule has 0 unspecified atom stereocenters. The summed E-state index contributed by atoms with van der Waals surface area (Å²) in [5.74, 6) is 1.63. The average Bonchev–Trinajstić information content (AvgIpc) is 2.61. The number of aliphatic hydroxyl groups is 1. The van der Waals surface area contributed by atoms with Gasteiger partial charge in [0.15, 0.2) is 5.96 Å². The molecule has 25 heavy (non-hydrogen) atoms. The van der Waals surface area contributed by atoms with Crippen LogP contribution in [-0.4, -0.2) is 74.6 Å². The summed E-state index contributed by atoms with van der Waals surface area (Å²) >= 11 is 0. The molecule has 1 aliphatic heterocycles. The number of aliphatic hydroxyl groups excluding tert-OH is 1. The number of aliphatic imine (C=N–C) groups is 1. The quantitative estimate of drug-likeness (QED) is 0.302. The van der Waals surface area contributed by atoms with E-state index in [1.807, 2.05) is 0 Å². The van der Waals surface area contributed by atoms with E-state index in [9.17, 15) is 5.11 Å². The predicted octanol–water partition coefficient (Wildman–Crippen LogP) is 1.82. The van der Waals surface area contributed by atoms with E-state index in [1.54, 1.807) is 7.11 Å². The first-order valence-electron chi connectivity index (χ1n) is 9.65. The van der Waals surface area contributed by atoms with Gasteiger partial charge in [0, 0.05) is 32.8 Å². The smallest absolute Gasteiger partial charge is 0.191 e. The fourth-order valence-corrected chi connectivity index (χ4v) is 3.57. The zero-order valence-electron chi connectivity index (χ0n) is 15.9. The van der Waals surface area contributed by atoms with Crippen LogP contribution in [0.4, 0.5) is 0 Å². The molecule has 0 aromatic heterocycles. The fraction of sp³-hybridized carbons (Fsp3) is 0.944. The first-order valence-corrected chi connectivity index (χ1v) is 9.65. The molecule has 0 aromatic rings. The first-order chi connectivity index (χ1) is 11.7. The SMILES string of the molecule is CCNC(=NCC1CCN(CCOC)CC1)NC1CCC(O)CC1.I. The molecule has 1 aliphatic carbocycles. The molecule has 7 heteroatoms. The van der Waals surface area contributed by atoms with Crippen molar-refractivity contribution in [3.63, 3.8) is 0 Å². The second-order valence-corrected chi connectivity index (χ2v) is 7.15. The monoisotopic (exact) mass is 468 g/mol. The van der Waals surface area contributed by atoms with Crippen LogP contribution in [0.3, 0.4) is 0 Å². The Kier molecular flexibility index (Phi) is 12.0. The van der Waals surface area contributed by atoms with Gasteiger partial charge >= 0.3 is 0 Å². The van der Waals surface area contributed by atoms with Gasteiger partial charge in [-0.3, -0.25) is 4.99 Å². The Hall–Kier alpha value is -0.120. The average molecular weight is 468 g/mol. The Morgan fingerprint density at radius 2 is 1.84 bits per heavy atom. The lowest BCUT2D eigenvalue weighted by Gasteiger charge is -2.31. The maximum absolute atomic E-state index is 9.63. The van der Waals surface area contributed by atoms with Crippen molar-refractivity contribution in [2.45, 2.75) is 57.6 Å². The Labute approximate surface area is 170 Å². The molecule has 6 nitrogen and oxygen atoms in total. The summed E-state index contributed by atoms with van der Waals surface area (Å²) in [6.07, 6.45) is 6.21. The second kappa shape index (κ2) is 13.1. The van der Waals surface area contributed by atoms with Crippen LogP contribution < -0.4 is 10.6 Å². The third-order valence-electron chi connectivity index (χ3n) is 5.21. The number of halogens is 1. The summed E-state index contributed by atoms with van der Waals surface area (Å²) in [5, 5.41) is 16.5. The van der Waals surface area contributed by atoms with Crippen molar-refractivity contribution in [1.29, 1.82) is 0 Å². The van der Waals surface area contributed by atoms with Crippen molar-refractivity contribution >= 4 is 29.9 Å². The molecular weight excluding hydrogens is 431 g/mol. The molecule has 0 spiro atoms. The van der Waals surface area contributed by atoms with Gasteiger partial charge in [-0.25, -0.2) is 0 Å². The highest BCUT2D eigenvalue weighted by atomic mass is 127. The van der Waals surface area contributed by atoms with E-state index in [-0.39, 0.29) is 30.1 Å². The fourth-order valence-electron chi connectivity index (χ4n) is 3.57. The van der Waals surface area contributed by atoms with Gasteiger partial charge in [0.1, 0.15) is 0 Å². The molecule has 1 saturated heterocycles. The maximum atomic E-state index is 9.63. The van der Waals surface area contributed by atoms with Gasteiger partial charge in [-0.05, 0) is 64.5 Å². The van der Waals surface area contributed by atoms with Crippen molar-refractivity contribution in [1.82, 2.24) is 15.5 Å². The van der Waals surface area contributed by atoms with Gasteiger partial charge in [0.25, 0.3) is 0 Å². The number of piperidine rings is 1. The Morgan fingerprint density at radius 3 is 2.44 bits per heavy atom. The predicted molar refractivity (Wildman–Crippen MR) is 114 cm³/mol. The first kappa shape index (κ1) is 22.9. The summed E-state index contributed by atoms with van der Waals surface area (Å²) in [7, 11) is 1.77. The van der Waals surface area contributed by atoms with E-state index in [0.29, 0.717) is 12.0 Å². The molecular formula is C18H37IN4O2. The minimum atomic E-state index is -0.106. The summed E-state index contributed by atoms with van der Waals surface area (Å²) in [6, 6.07) is 0.446. The number of hydrogen-bond donors (Lipinski definition) is 3. The third kappa shape index (κ3) is 8.88. The maximum Gasteiger partial charge on any atom is 0.191 e. The summed E-state index contributed by atoms with van der Waals surface area (Å²) in [6.45, 7) is 8.09. The second-order valence-electron chi connectivity index (χ2n) is 7.15. The lowest BCUT2D eigenvalue weighted by Crippen LogP contribution is -2.45. The Balaban J connectivity index is 0.00000312. The van der Waals surface area contributed by atoms with Crippen LogP contribution >= 0.6 is 24.0 Å². The van der Waals surface area contributed by atoms with Crippen LogP contribution in [0.5, 0.6) is 0 Å². The molecule has 0 aromatic carbocycles. The summed E-state index contributed by atoms with van der Waals surface area (Å²) in [4.78, 5) is 7.31. The molecule has 0 radical (unpaired) electrons. The molecule has 1 heterocycles. The number of rotatable bonds is 7. The molecule has 2 fully saturated rings. The summed E-state index contributed by atoms with van der Waals surface area (Å²) in [5.41, 5.74) is 0. The largest absolute Gasteiger partial charge is 0.393 e. The lowest BCUT2D eigenvalue weighted by molar-refractivity contribution is 0.119. The zero-order chi connectivity index (χ0) is 17.2. The van der Waals surface area contributed by atoms with E-state index in [1.165, 1.54) is 12.8 Å². The molecule has 3 N–H and O–H groups in total. The molecule has 0 atom stereocenters. The molecule has 0 amide bonds. The molecule has 0 bridgehead atoms. The highest BCUT2D eigenvalue weighted by Gasteiger charge is 2.21. The van der Waals surface area contributed by atoms with E-state index >= 15 is 0 Å². The van der Waals surface area contributed by atoms with Crippen molar-refractivity contribution in [3.8, 4) is 0 Å². The normalized spacial score (nSPS) is 26.1. The van der Waals surface area contributed by atoms with Gasteiger partial charge in [0.2, 0.25) is 0 Å². The number of hydrogen-bond acceptors (Lipinski definition) is 4. The van der Waals surface area contributed by atoms with Crippen LogP contribution in [0.15, 0.2) is 4.99 Å². The van der Waals surface area contributed by atoms with Crippen LogP contribution in [0, 0.1) is 5.92 Å². The molecule has 2 rings (SSSR count). The van der Waals surface area contributed by atoms with Gasteiger partial charge < -0.3 is 25.4 Å². The van der Waals surface area contributed by atoms with Crippen molar-refractivity contribution in [2.75, 3.05) is 46.4 Å². The standard InChI is InChI=1S/C18H36N4O2.HI/c1-3-19-18(21-16-4-6-17(23)7-5-16)20-14-15-8-10-22(11-9-15)12-13-24-2;/h15-17,23H,3-14H2,1-2H3,(H2,19,20,21);1H. The van der Waals surface area contributed by atoms with Crippen molar-refractivity contribution < 1.29 is 9.84 Å². The number of nitrogens with zero attached hydrogens (tertiary/aromatic N) is 2. The topological polar surface area (TPSA) is 69.1 Å². The van der Waals surface area contributed by atoms with E-state index in [4.69, 9.17) is 9.73 Å². The number of likely N-dealkylation sites (tertiary alicyclic amines) is 1. The van der Waals surface area contributed by atoms with Gasteiger partial charge in [0.05, 0.1) is 12.7 Å². The van der Waals surface area contributed by atoms with Crippen LogP contribution in [0.1, 0.15) is 45.4 Å². The lowest BCUT2D eigenvalue weighted by atomic mass is 9.93. The van der Waals surface area contributed by atoms with Gasteiger partial charge in [-0.2, -0.15) is 0 Å². The minimum Gasteiger partial charge on any atom is -0.393 e. The van der Waals surface area contributed by atoms with Crippen LogP contribution in [-0.2, 0) is 4.74 Å². The van der Waals surface area contributed by atoms with Gasteiger partial charge in [-0.15, -0.1) is 24.0 Å². The van der Waals surface area contributed by atoms with Gasteiger partial charge in [-0.1, -0.05) is 0 Å². The molecule has 2 aliphatic rings. The Morgan fingerprint density at radius 1 is 1.16 bits per heavy atom.